The number of carbonyl (C=O) groups is 1. The molecule has 0 bridgehead atoms. The van der Waals surface area contributed by atoms with Crippen LogP contribution in [0, 0.1) is 0 Å². The third-order valence-corrected chi connectivity index (χ3v) is 3.69. The fourth-order valence-electron chi connectivity index (χ4n) is 2.26. The highest BCUT2D eigenvalue weighted by Gasteiger charge is 2.36. The van der Waals surface area contributed by atoms with Gasteiger partial charge in [0.05, 0.1) is 0 Å². The Morgan fingerprint density at radius 2 is 1.83 bits per heavy atom. The molecule has 1 fully saturated rings. The van der Waals surface area contributed by atoms with Gasteiger partial charge >= 0.3 is 5.97 Å². The van der Waals surface area contributed by atoms with Crippen LogP contribution in [-0.2, 0) is 16.1 Å². The molecular weight excluding hydrogens is 250 g/mol. The lowest BCUT2D eigenvalue weighted by atomic mass is 9.83. The van der Waals surface area contributed by atoms with E-state index in [9.17, 15) is 4.79 Å². The molecule has 0 aliphatic heterocycles. The standard InChI is InChI=1S/C14H18ClNO2/c15-12-6-4-11(5-7-12)10-18-13(17)14(16)8-2-1-3-9-14/h4-7H,1-3,8-10,16H2. The lowest BCUT2D eigenvalue weighted by Crippen LogP contribution is -2.50. The van der Waals surface area contributed by atoms with Crippen molar-refractivity contribution < 1.29 is 9.53 Å². The minimum atomic E-state index is -0.773. The van der Waals surface area contributed by atoms with Gasteiger partial charge in [0.25, 0.3) is 0 Å². The Hall–Kier alpha value is -1.06. The molecule has 0 aromatic heterocycles. The molecule has 0 amide bonds. The molecule has 1 saturated carbocycles. The molecule has 0 unspecified atom stereocenters. The maximum atomic E-state index is 12.0. The summed E-state index contributed by atoms with van der Waals surface area (Å²) in [5.41, 5.74) is 6.25. The van der Waals surface area contributed by atoms with Gasteiger partial charge < -0.3 is 10.5 Å². The molecule has 1 aromatic rings. The average Bonchev–Trinajstić information content (AvgIpc) is 2.38. The van der Waals surface area contributed by atoms with Crippen molar-refractivity contribution in [1.82, 2.24) is 0 Å². The van der Waals surface area contributed by atoms with Gasteiger partial charge in [-0.05, 0) is 30.5 Å². The van der Waals surface area contributed by atoms with Gasteiger partial charge in [-0.1, -0.05) is 43.0 Å². The second-order valence-corrected chi connectivity index (χ2v) is 5.36. The first kappa shape index (κ1) is 13.4. The van der Waals surface area contributed by atoms with Crippen LogP contribution in [0.3, 0.4) is 0 Å². The number of nitrogens with two attached hydrogens (primary N) is 1. The number of hydrogen-bond acceptors (Lipinski definition) is 3. The molecule has 0 saturated heterocycles. The van der Waals surface area contributed by atoms with Crippen molar-refractivity contribution >= 4 is 17.6 Å². The predicted molar refractivity (Wildman–Crippen MR) is 71.3 cm³/mol. The Balaban J connectivity index is 1.89. The van der Waals surface area contributed by atoms with Gasteiger partial charge in [0.2, 0.25) is 0 Å². The van der Waals surface area contributed by atoms with E-state index in [2.05, 4.69) is 0 Å². The number of halogens is 1. The van der Waals surface area contributed by atoms with Gasteiger partial charge in [-0.3, -0.25) is 4.79 Å². The summed E-state index contributed by atoms with van der Waals surface area (Å²) < 4.78 is 5.30. The van der Waals surface area contributed by atoms with E-state index in [-0.39, 0.29) is 12.6 Å². The van der Waals surface area contributed by atoms with Crippen LogP contribution >= 0.6 is 11.6 Å². The Morgan fingerprint density at radius 1 is 1.22 bits per heavy atom. The van der Waals surface area contributed by atoms with E-state index < -0.39 is 5.54 Å². The van der Waals surface area contributed by atoms with Crippen LogP contribution in [0.15, 0.2) is 24.3 Å². The van der Waals surface area contributed by atoms with E-state index in [1.807, 2.05) is 12.1 Å². The van der Waals surface area contributed by atoms with E-state index in [1.54, 1.807) is 12.1 Å². The molecular formula is C14H18ClNO2. The first-order chi connectivity index (χ1) is 8.60. The summed E-state index contributed by atoms with van der Waals surface area (Å²) in [5.74, 6) is -0.280. The summed E-state index contributed by atoms with van der Waals surface area (Å²) in [6.45, 7) is 0.259. The number of esters is 1. The fourth-order valence-corrected chi connectivity index (χ4v) is 2.39. The van der Waals surface area contributed by atoms with Crippen LogP contribution in [0.2, 0.25) is 5.02 Å². The van der Waals surface area contributed by atoms with Crippen molar-refractivity contribution in [1.29, 1.82) is 0 Å². The minimum Gasteiger partial charge on any atom is -0.459 e. The van der Waals surface area contributed by atoms with Crippen LogP contribution in [0.4, 0.5) is 0 Å². The van der Waals surface area contributed by atoms with E-state index in [4.69, 9.17) is 22.1 Å². The fraction of sp³-hybridized carbons (Fsp3) is 0.500. The zero-order valence-corrected chi connectivity index (χ0v) is 11.1. The molecule has 4 heteroatoms. The Labute approximate surface area is 112 Å². The minimum absolute atomic E-state index is 0.259. The quantitative estimate of drug-likeness (QED) is 0.857. The number of ether oxygens (including phenoxy) is 1. The van der Waals surface area contributed by atoms with E-state index in [0.717, 1.165) is 37.7 Å². The molecule has 2 N–H and O–H groups in total. The van der Waals surface area contributed by atoms with Gasteiger partial charge in [0, 0.05) is 5.02 Å². The lowest BCUT2D eigenvalue weighted by Gasteiger charge is -2.30. The Kier molecular flexibility index (Phi) is 4.25. The highest BCUT2D eigenvalue weighted by molar-refractivity contribution is 6.30. The molecule has 1 aliphatic carbocycles. The second-order valence-electron chi connectivity index (χ2n) is 4.92. The van der Waals surface area contributed by atoms with Crippen molar-refractivity contribution in [3.05, 3.63) is 34.9 Å². The van der Waals surface area contributed by atoms with Crippen molar-refractivity contribution in [2.24, 2.45) is 5.73 Å². The molecule has 1 aromatic carbocycles. The summed E-state index contributed by atoms with van der Waals surface area (Å²) in [7, 11) is 0. The SMILES string of the molecule is NC1(C(=O)OCc2ccc(Cl)cc2)CCCCC1. The number of carbonyl (C=O) groups excluding carboxylic acids is 1. The van der Waals surface area contributed by atoms with Crippen molar-refractivity contribution in [3.63, 3.8) is 0 Å². The number of rotatable bonds is 3. The monoisotopic (exact) mass is 267 g/mol. The summed E-state index contributed by atoms with van der Waals surface area (Å²) >= 11 is 5.79. The molecule has 18 heavy (non-hydrogen) atoms. The maximum absolute atomic E-state index is 12.0. The van der Waals surface area contributed by atoms with Gasteiger partial charge in [0.15, 0.2) is 0 Å². The summed E-state index contributed by atoms with van der Waals surface area (Å²) in [6, 6.07) is 7.26. The Bertz CT molecular complexity index is 410. The number of hydrogen-bond donors (Lipinski definition) is 1. The van der Waals surface area contributed by atoms with Crippen LogP contribution in [0.25, 0.3) is 0 Å². The van der Waals surface area contributed by atoms with Crippen molar-refractivity contribution in [3.8, 4) is 0 Å². The smallest absolute Gasteiger partial charge is 0.326 e. The molecule has 0 radical (unpaired) electrons. The topological polar surface area (TPSA) is 52.3 Å². The van der Waals surface area contributed by atoms with E-state index in [1.165, 1.54) is 0 Å². The Morgan fingerprint density at radius 3 is 2.44 bits per heavy atom. The van der Waals surface area contributed by atoms with E-state index >= 15 is 0 Å². The highest BCUT2D eigenvalue weighted by Crippen LogP contribution is 2.27. The van der Waals surface area contributed by atoms with E-state index in [0.29, 0.717) is 5.02 Å². The van der Waals surface area contributed by atoms with Crippen molar-refractivity contribution in [2.75, 3.05) is 0 Å². The normalized spacial score (nSPS) is 18.3. The van der Waals surface area contributed by atoms with Gasteiger partial charge in [-0.25, -0.2) is 0 Å². The second kappa shape index (κ2) is 5.72. The summed E-state index contributed by atoms with van der Waals surface area (Å²) in [4.78, 5) is 12.0. The van der Waals surface area contributed by atoms with Gasteiger partial charge in [0.1, 0.15) is 12.1 Å². The highest BCUT2D eigenvalue weighted by atomic mass is 35.5. The van der Waals surface area contributed by atoms with Crippen molar-refractivity contribution in [2.45, 2.75) is 44.2 Å². The average molecular weight is 268 g/mol. The molecule has 2 rings (SSSR count). The summed E-state index contributed by atoms with van der Waals surface area (Å²) in [5, 5.41) is 0.674. The largest absolute Gasteiger partial charge is 0.459 e. The van der Waals surface area contributed by atoms with Crippen LogP contribution in [0.5, 0.6) is 0 Å². The summed E-state index contributed by atoms with van der Waals surface area (Å²) in [6.07, 6.45) is 4.63. The molecule has 0 spiro atoms. The lowest BCUT2D eigenvalue weighted by molar-refractivity contribution is -0.152. The van der Waals surface area contributed by atoms with Gasteiger partial charge in [-0.2, -0.15) is 0 Å². The van der Waals surface area contributed by atoms with Crippen LogP contribution in [-0.4, -0.2) is 11.5 Å². The maximum Gasteiger partial charge on any atom is 0.326 e. The number of benzene rings is 1. The third-order valence-electron chi connectivity index (χ3n) is 3.44. The predicted octanol–water partition coefficient (Wildman–Crippen LogP) is 3.04. The molecule has 0 atom stereocenters. The first-order valence-electron chi connectivity index (χ1n) is 6.31. The molecule has 1 aliphatic rings. The zero-order chi connectivity index (χ0) is 13.0. The first-order valence-corrected chi connectivity index (χ1v) is 6.68. The third kappa shape index (κ3) is 3.24. The molecule has 0 heterocycles. The zero-order valence-electron chi connectivity index (χ0n) is 10.3. The van der Waals surface area contributed by atoms with Gasteiger partial charge in [-0.15, -0.1) is 0 Å². The van der Waals surface area contributed by atoms with Crippen LogP contribution in [0.1, 0.15) is 37.7 Å². The molecule has 98 valence electrons. The molecule has 3 nitrogen and oxygen atoms in total. The van der Waals surface area contributed by atoms with Crippen LogP contribution < -0.4 is 5.73 Å².